The molecule has 1 aromatic rings. The Hall–Kier alpha value is -1.09. The number of nitrogens with zero attached hydrogens (tertiary/aromatic N) is 1. The first-order chi connectivity index (χ1) is 8.17. The molecule has 1 aliphatic carbocycles. The second-order valence-corrected chi connectivity index (χ2v) is 5.15. The van der Waals surface area contributed by atoms with E-state index in [1.165, 1.54) is 17.7 Å². The molecular weight excluding hydrogens is 212 g/mol. The van der Waals surface area contributed by atoms with Crippen molar-refractivity contribution in [3.8, 4) is 0 Å². The SMILES string of the molecule is CCCn1c2c(cc(CN)c1=O)CC(C)CC2. The molecule has 94 valence electrons. The molecule has 0 radical (unpaired) electrons. The van der Waals surface area contributed by atoms with Crippen molar-refractivity contribution in [2.24, 2.45) is 11.7 Å². The van der Waals surface area contributed by atoms with Gasteiger partial charge in [-0.3, -0.25) is 4.79 Å². The van der Waals surface area contributed by atoms with E-state index in [1.807, 2.05) is 10.6 Å². The molecule has 0 saturated carbocycles. The molecule has 0 saturated heterocycles. The molecular formula is C14H22N2O. The van der Waals surface area contributed by atoms with Crippen LogP contribution in [0.15, 0.2) is 10.9 Å². The second kappa shape index (κ2) is 5.05. The smallest absolute Gasteiger partial charge is 0.255 e. The van der Waals surface area contributed by atoms with Gasteiger partial charge < -0.3 is 10.3 Å². The van der Waals surface area contributed by atoms with Crippen molar-refractivity contribution >= 4 is 0 Å². The third kappa shape index (κ3) is 2.29. The number of fused-ring (bicyclic) bond motifs is 1. The molecule has 3 heteroatoms. The van der Waals surface area contributed by atoms with Crippen LogP contribution in [0.4, 0.5) is 0 Å². The van der Waals surface area contributed by atoms with Crippen molar-refractivity contribution in [2.45, 2.75) is 52.6 Å². The first kappa shape index (κ1) is 12.4. The predicted molar refractivity (Wildman–Crippen MR) is 70.1 cm³/mol. The van der Waals surface area contributed by atoms with Crippen molar-refractivity contribution in [3.05, 3.63) is 33.2 Å². The van der Waals surface area contributed by atoms with Crippen LogP contribution in [0, 0.1) is 5.92 Å². The third-order valence-electron chi connectivity index (χ3n) is 3.67. The molecule has 3 nitrogen and oxygen atoms in total. The van der Waals surface area contributed by atoms with E-state index in [1.54, 1.807) is 0 Å². The van der Waals surface area contributed by atoms with Crippen molar-refractivity contribution in [1.82, 2.24) is 4.57 Å². The highest BCUT2D eigenvalue weighted by Gasteiger charge is 2.20. The largest absolute Gasteiger partial charge is 0.326 e. The standard InChI is InChI=1S/C14H22N2O/c1-3-6-16-13-5-4-10(2)7-11(13)8-12(9-15)14(16)17/h8,10H,3-7,9,15H2,1-2H3. The molecule has 1 atom stereocenters. The Labute approximate surface area is 103 Å². The number of hydrogen-bond donors (Lipinski definition) is 1. The van der Waals surface area contributed by atoms with Crippen molar-refractivity contribution in [2.75, 3.05) is 0 Å². The van der Waals surface area contributed by atoms with Crippen LogP contribution in [0.2, 0.25) is 0 Å². The van der Waals surface area contributed by atoms with Crippen LogP contribution >= 0.6 is 0 Å². The Morgan fingerprint density at radius 3 is 2.94 bits per heavy atom. The highest BCUT2D eigenvalue weighted by atomic mass is 16.1. The van der Waals surface area contributed by atoms with Crippen LogP contribution in [0.5, 0.6) is 0 Å². The summed E-state index contributed by atoms with van der Waals surface area (Å²) in [5, 5.41) is 0. The summed E-state index contributed by atoms with van der Waals surface area (Å²) in [6.45, 7) is 5.56. The number of pyridine rings is 1. The Morgan fingerprint density at radius 2 is 2.29 bits per heavy atom. The van der Waals surface area contributed by atoms with Gasteiger partial charge in [-0.15, -0.1) is 0 Å². The van der Waals surface area contributed by atoms with Gasteiger partial charge in [-0.2, -0.15) is 0 Å². The molecule has 0 bridgehead atoms. The molecule has 1 heterocycles. The van der Waals surface area contributed by atoms with E-state index in [0.717, 1.165) is 37.3 Å². The lowest BCUT2D eigenvalue weighted by Gasteiger charge is -2.25. The number of hydrogen-bond acceptors (Lipinski definition) is 2. The molecule has 2 N–H and O–H groups in total. The van der Waals surface area contributed by atoms with E-state index in [2.05, 4.69) is 13.8 Å². The summed E-state index contributed by atoms with van der Waals surface area (Å²) >= 11 is 0. The zero-order chi connectivity index (χ0) is 12.4. The molecule has 1 unspecified atom stereocenters. The minimum atomic E-state index is 0.127. The van der Waals surface area contributed by atoms with Gasteiger partial charge in [0.1, 0.15) is 0 Å². The van der Waals surface area contributed by atoms with Gasteiger partial charge in [-0.25, -0.2) is 0 Å². The fraction of sp³-hybridized carbons (Fsp3) is 0.643. The van der Waals surface area contributed by atoms with Crippen molar-refractivity contribution in [1.29, 1.82) is 0 Å². The van der Waals surface area contributed by atoms with Gasteiger partial charge in [0.25, 0.3) is 5.56 Å². The highest BCUT2D eigenvalue weighted by Crippen LogP contribution is 2.25. The average molecular weight is 234 g/mol. The Balaban J connectivity index is 2.55. The number of rotatable bonds is 3. The summed E-state index contributed by atoms with van der Waals surface area (Å²) in [5.74, 6) is 0.723. The minimum Gasteiger partial charge on any atom is -0.326 e. The van der Waals surface area contributed by atoms with Crippen LogP contribution in [-0.2, 0) is 25.9 Å². The van der Waals surface area contributed by atoms with Crippen LogP contribution in [0.1, 0.15) is 43.5 Å². The van der Waals surface area contributed by atoms with Crippen LogP contribution in [0.25, 0.3) is 0 Å². The molecule has 0 aromatic carbocycles. The number of nitrogens with two attached hydrogens (primary N) is 1. The second-order valence-electron chi connectivity index (χ2n) is 5.15. The van der Waals surface area contributed by atoms with Gasteiger partial charge in [0.05, 0.1) is 0 Å². The van der Waals surface area contributed by atoms with Gasteiger partial charge in [-0.1, -0.05) is 13.8 Å². The fourth-order valence-corrected chi connectivity index (χ4v) is 2.76. The first-order valence-corrected chi connectivity index (χ1v) is 6.61. The summed E-state index contributed by atoms with van der Waals surface area (Å²) in [6.07, 6.45) is 4.32. The molecule has 1 aromatic heterocycles. The normalized spacial score (nSPS) is 19.1. The average Bonchev–Trinajstić information content (AvgIpc) is 2.32. The van der Waals surface area contributed by atoms with E-state index >= 15 is 0 Å². The number of aromatic nitrogens is 1. The maximum absolute atomic E-state index is 12.2. The topological polar surface area (TPSA) is 48.0 Å². The summed E-state index contributed by atoms with van der Waals surface area (Å²) in [4.78, 5) is 12.2. The molecule has 2 rings (SSSR count). The van der Waals surface area contributed by atoms with E-state index in [9.17, 15) is 4.79 Å². The Morgan fingerprint density at radius 1 is 1.53 bits per heavy atom. The minimum absolute atomic E-state index is 0.127. The van der Waals surface area contributed by atoms with Crippen LogP contribution in [-0.4, -0.2) is 4.57 Å². The van der Waals surface area contributed by atoms with Gasteiger partial charge >= 0.3 is 0 Å². The zero-order valence-electron chi connectivity index (χ0n) is 10.8. The van der Waals surface area contributed by atoms with Gasteiger partial charge in [0, 0.05) is 24.3 Å². The fourth-order valence-electron chi connectivity index (χ4n) is 2.76. The molecule has 0 fully saturated rings. The maximum Gasteiger partial charge on any atom is 0.255 e. The van der Waals surface area contributed by atoms with E-state index in [0.29, 0.717) is 6.54 Å². The molecule has 0 aliphatic heterocycles. The lowest BCUT2D eigenvalue weighted by atomic mass is 9.87. The predicted octanol–water partition coefficient (Wildman–Crippen LogP) is 1.84. The Kier molecular flexibility index (Phi) is 3.67. The first-order valence-electron chi connectivity index (χ1n) is 6.61. The lowest BCUT2D eigenvalue weighted by Crippen LogP contribution is -2.31. The molecule has 0 spiro atoms. The maximum atomic E-state index is 12.2. The molecule has 1 aliphatic rings. The highest BCUT2D eigenvalue weighted by molar-refractivity contribution is 5.29. The summed E-state index contributed by atoms with van der Waals surface area (Å²) in [6, 6.07) is 2.04. The van der Waals surface area contributed by atoms with Gasteiger partial charge in [0.15, 0.2) is 0 Å². The molecule has 17 heavy (non-hydrogen) atoms. The summed E-state index contributed by atoms with van der Waals surface area (Å²) in [7, 11) is 0. The van der Waals surface area contributed by atoms with Crippen molar-refractivity contribution < 1.29 is 0 Å². The summed E-state index contributed by atoms with van der Waals surface area (Å²) < 4.78 is 1.96. The van der Waals surface area contributed by atoms with Crippen LogP contribution < -0.4 is 11.3 Å². The van der Waals surface area contributed by atoms with E-state index < -0.39 is 0 Å². The quantitative estimate of drug-likeness (QED) is 0.867. The summed E-state index contributed by atoms with van der Waals surface area (Å²) in [5.41, 5.74) is 9.17. The monoisotopic (exact) mass is 234 g/mol. The third-order valence-corrected chi connectivity index (χ3v) is 3.67. The zero-order valence-corrected chi connectivity index (χ0v) is 10.8. The van der Waals surface area contributed by atoms with Gasteiger partial charge in [0.2, 0.25) is 0 Å². The van der Waals surface area contributed by atoms with Gasteiger partial charge in [-0.05, 0) is 43.2 Å². The van der Waals surface area contributed by atoms with E-state index in [-0.39, 0.29) is 5.56 Å². The van der Waals surface area contributed by atoms with Crippen molar-refractivity contribution in [3.63, 3.8) is 0 Å². The van der Waals surface area contributed by atoms with Crippen LogP contribution in [0.3, 0.4) is 0 Å². The Bertz CT molecular complexity index is 462. The molecule has 0 amide bonds. The lowest BCUT2D eigenvalue weighted by molar-refractivity contribution is 0.467. The van der Waals surface area contributed by atoms with E-state index in [4.69, 9.17) is 5.73 Å².